The average Bonchev–Trinajstić information content (AvgIpc) is 2.35. The highest BCUT2D eigenvalue weighted by atomic mass is 16.5. The van der Waals surface area contributed by atoms with E-state index in [0.29, 0.717) is 0 Å². The van der Waals surface area contributed by atoms with Crippen molar-refractivity contribution in [3.63, 3.8) is 0 Å². The molecule has 0 spiro atoms. The summed E-state index contributed by atoms with van der Waals surface area (Å²) in [4.78, 5) is 11.1. The molecule has 0 saturated heterocycles. The summed E-state index contributed by atoms with van der Waals surface area (Å²) in [5.41, 5.74) is 5.93. The molecule has 0 bridgehead atoms. The van der Waals surface area contributed by atoms with E-state index in [9.17, 15) is 4.79 Å². The number of carbonyl (C=O) groups excluding carboxylic acids is 1. The minimum absolute atomic E-state index is 0.111. The molecule has 0 fully saturated rings. The second kappa shape index (κ2) is 6.09. The molecule has 1 unspecified atom stereocenters. The predicted molar refractivity (Wildman–Crippen MR) is 57.9 cm³/mol. The Balaban J connectivity index is 2.45. The Morgan fingerprint density at radius 2 is 2.06 bits per heavy atom. The van der Waals surface area contributed by atoms with Crippen LogP contribution in [0.5, 0.6) is 5.75 Å². The second-order valence-electron chi connectivity index (χ2n) is 3.21. The summed E-state index contributed by atoms with van der Waals surface area (Å²) >= 11 is 0. The molecular weight excluding hydrogens is 210 g/mol. The third-order valence-electron chi connectivity index (χ3n) is 2.04. The predicted octanol–water partition coefficient (Wildman–Crippen LogP) is 0.0580. The molecule has 1 atom stereocenters. The monoisotopic (exact) mass is 225 g/mol. The van der Waals surface area contributed by atoms with Gasteiger partial charge in [-0.25, -0.2) is 4.79 Å². The molecule has 0 aliphatic rings. The van der Waals surface area contributed by atoms with Crippen molar-refractivity contribution < 1.29 is 19.4 Å². The van der Waals surface area contributed by atoms with Crippen molar-refractivity contribution in [1.29, 1.82) is 0 Å². The molecule has 5 heteroatoms. The fourth-order valence-corrected chi connectivity index (χ4v) is 1.07. The number of carbonyl (C=O) groups is 1. The molecule has 5 nitrogen and oxygen atoms in total. The van der Waals surface area contributed by atoms with E-state index in [1.165, 1.54) is 0 Å². The van der Waals surface area contributed by atoms with Gasteiger partial charge in [0.2, 0.25) is 0 Å². The maximum Gasteiger partial charge on any atom is 0.336 e. The maximum atomic E-state index is 11.1. The lowest BCUT2D eigenvalue weighted by molar-refractivity contribution is -0.154. The van der Waals surface area contributed by atoms with E-state index in [1.54, 1.807) is 31.4 Å². The number of aliphatic hydroxyl groups is 1. The standard InChI is InChI=1S/C11H15NO4/c1-15-9-4-2-8(3-5-9)7-16-11(14)10(13)6-12/h2-5,10,13H,6-7,12H2,1H3. The third-order valence-corrected chi connectivity index (χ3v) is 2.04. The first kappa shape index (κ1) is 12.5. The molecule has 1 aromatic carbocycles. The van der Waals surface area contributed by atoms with E-state index >= 15 is 0 Å². The van der Waals surface area contributed by atoms with Gasteiger partial charge in [0, 0.05) is 6.54 Å². The van der Waals surface area contributed by atoms with Crippen LogP contribution in [-0.2, 0) is 16.1 Å². The summed E-state index contributed by atoms with van der Waals surface area (Å²) in [7, 11) is 1.58. The molecule has 1 rings (SSSR count). The quantitative estimate of drug-likeness (QED) is 0.692. The van der Waals surface area contributed by atoms with Crippen molar-refractivity contribution in [2.24, 2.45) is 5.73 Å². The van der Waals surface area contributed by atoms with Crippen molar-refractivity contribution in [2.45, 2.75) is 12.7 Å². The number of hydrogen-bond acceptors (Lipinski definition) is 5. The summed E-state index contributed by atoms with van der Waals surface area (Å²) in [5, 5.41) is 9.07. The van der Waals surface area contributed by atoms with Crippen molar-refractivity contribution in [3.05, 3.63) is 29.8 Å². The fraction of sp³-hybridized carbons (Fsp3) is 0.364. The molecule has 0 aliphatic heterocycles. The lowest BCUT2D eigenvalue weighted by Crippen LogP contribution is -2.30. The number of esters is 1. The molecule has 0 aliphatic carbocycles. The molecule has 3 N–H and O–H groups in total. The molecule has 16 heavy (non-hydrogen) atoms. The highest BCUT2D eigenvalue weighted by Gasteiger charge is 2.13. The number of nitrogens with two attached hydrogens (primary N) is 1. The van der Waals surface area contributed by atoms with E-state index < -0.39 is 12.1 Å². The summed E-state index contributed by atoms with van der Waals surface area (Å²) in [6.07, 6.45) is -1.25. The largest absolute Gasteiger partial charge is 0.497 e. The Kier molecular flexibility index (Phi) is 4.75. The Morgan fingerprint density at radius 3 is 2.56 bits per heavy atom. The molecule has 1 aromatic rings. The van der Waals surface area contributed by atoms with E-state index in [-0.39, 0.29) is 13.2 Å². The van der Waals surface area contributed by atoms with Crippen LogP contribution in [0.3, 0.4) is 0 Å². The Hall–Kier alpha value is -1.59. The number of rotatable bonds is 5. The molecule has 0 amide bonds. The first-order valence-electron chi connectivity index (χ1n) is 4.85. The second-order valence-corrected chi connectivity index (χ2v) is 3.21. The molecule has 0 saturated carbocycles. The van der Waals surface area contributed by atoms with Gasteiger partial charge in [-0.3, -0.25) is 0 Å². The number of benzene rings is 1. The van der Waals surface area contributed by atoms with Gasteiger partial charge in [0.15, 0.2) is 6.10 Å². The van der Waals surface area contributed by atoms with Crippen molar-refractivity contribution in [2.75, 3.05) is 13.7 Å². The topological polar surface area (TPSA) is 81.8 Å². The highest BCUT2D eigenvalue weighted by Crippen LogP contribution is 2.12. The normalized spacial score (nSPS) is 11.9. The fourth-order valence-electron chi connectivity index (χ4n) is 1.07. The minimum Gasteiger partial charge on any atom is -0.497 e. The molecular formula is C11H15NO4. The summed E-state index contributed by atoms with van der Waals surface area (Å²) in [6, 6.07) is 7.09. The molecule has 0 aromatic heterocycles. The van der Waals surface area contributed by atoms with Gasteiger partial charge in [0.05, 0.1) is 7.11 Å². The van der Waals surface area contributed by atoms with Crippen LogP contribution >= 0.6 is 0 Å². The van der Waals surface area contributed by atoms with Crippen LogP contribution in [0.1, 0.15) is 5.56 Å². The maximum absolute atomic E-state index is 11.1. The summed E-state index contributed by atoms with van der Waals surface area (Å²) < 4.78 is 9.83. The van der Waals surface area contributed by atoms with Gasteiger partial charge in [-0.2, -0.15) is 0 Å². The smallest absolute Gasteiger partial charge is 0.336 e. The van der Waals surface area contributed by atoms with Crippen LogP contribution in [0.15, 0.2) is 24.3 Å². The zero-order valence-electron chi connectivity index (χ0n) is 9.05. The Bertz CT molecular complexity index is 336. The van der Waals surface area contributed by atoms with E-state index in [4.69, 9.17) is 20.3 Å². The highest BCUT2D eigenvalue weighted by molar-refractivity contribution is 5.74. The van der Waals surface area contributed by atoms with Gasteiger partial charge >= 0.3 is 5.97 Å². The van der Waals surface area contributed by atoms with E-state index in [0.717, 1.165) is 11.3 Å². The van der Waals surface area contributed by atoms with E-state index in [2.05, 4.69) is 0 Å². The molecule has 0 radical (unpaired) electrons. The van der Waals surface area contributed by atoms with Gasteiger partial charge in [-0.05, 0) is 17.7 Å². The molecule has 0 heterocycles. The van der Waals surface area contributed by atoms with Crippen molar-refractivity contribution in [3.8, 4) is 5.75 Å². The van der Waals surface area contributed by atoms with Crippen molar-refractivity contribution >= 4 is 5.97 Å². The zero-order chi connectivity index (χ0) is 12.0. The van der Waals surface area contributed by atoms with E-state index in [1.807, 2.05) is 0 Å². The first-order chi connectivity index (χ1) is 7.67. The van der Waals surface area contributed by atoms with Crippen LogP contribution in [0, 0.1) is 0 Å². The SMILES string of the molecule is COc1ccc(COC(=O)C(O)CN)cc1. The summed E-state index contributed by atoms with van der Waals surface area (Å²) in [5.74, 6) is 0.0235. The van der Waals surface area contributed by atoms with Crippen LogP contribution in [0.25, 0.3) is 0 Å². The average molecular weight is 225 g/mol. The Morgan fingerprint density at radius 1 is 1.44 bits per heavy atom. The first-order valence-corrected chi connectivity index (χ1v) is 4.85. The Labute approximate surface area is 93.8 Å². The van der Waals surface area contributed by atoms with Gasteiger partial charge in [0.1, 0.15) is 12.4 Å². The zero-order valence-corrected chi connectivity index (χ0v) is 9.05. The van der Waals surface area contributed by atoms with Crippen LogP contribution < -0.4 is 10.5 Å². The number of ether oxygens (including phenoxy) is 2. The molecule has 88 valence electrons. The van der Waals surface area contributed by atoms with Gasteiger partial charge in [-0.1, -0.05) is 12.1 Å². The van der Waals surface area contributed by atoms with Crippen LogP contribution in [-0.4, -0.2) is 30.8 Å². The van der Waals surface area contributed by atoms with Crippen molar-refractivity contribution in [1.82, 2.24) is 0 Å². The minimum atomic E-state index is -1.25. The number of methoxy groups -OCH3 is 1. The van der Waals surface area contributed by atoms with Gasteiger partial charge < -0.3 is 20.3 Å². The lowest BCUT2D eigenvalue weighted by Gasteiger charge is -2.08. The van der Waals surface area contributed by atoms with Gasteiger partial charge in [-0.15, -0.1) is 0 Å². The number of aliphatic hydroxyl groups excluding tert-OH is 1. The lowest BCUT2D eigenvalue weighted by atomic mass is 10.2. The van der Waals surface area contributed by atoms with Gasteiger partial charge in [0.25, 0.3) is 0 Å². The van der Waals surface area contributed by atoms with Crippen LogP contribution in [0.2, 0.25) is 0 Å². The summed E-state index contributed by atoms with van der Waals surface area (Å²) in [6.45, 7) is -0.0265. The van der Waals surface area contributed by atoms with Crippen LogP contribution in [0.4, 0.5) is 0 Å². The third kappa shape index (κ3) is 3.52. The number of hydrogen-bond donors (Lipinski definition) is 2.